The number of nitrogens with one attached hydrogen (secondary N) is 2. The third-order valence-electron chi connectivity index (χ3n) is 4.44. The maximum Gasteiger partial charge on any atom is 0.130 e. The molecule has 2 heterocycles. The lowest BCUT2D eigenvalue weighted by Gasteiger charge is -2.47. The van der Waals surface area contributed by atoms with Gasteiger partial charge >= 0.3 is 0 Å². The maximum atomic E-state index is 7.64. The van der Waals surface area contributed by atoms with Crippen LogP contribution in [0.5, 0.6) is 5.75 Å². The summed E-state index contributed by atoms with van der Waals surface area (Å²) in [6.07, 6.45) is 3.23. The van der Waals surface area contributed by atoms with Gasteiger partial charge in [-0.3, -0.25) is 0 Å². The quantitative estimate of drug-likeness (QED) is 0.740. The number of nitrogens with zero attached hydrogens (tertiary/aromatic N) is 2. The van der Waals surface area contributed by atoms with Crippen molar-refractivity contribution in [2.45, 2.75) is 32.5 Å². The number of hydrogen-bond acceptors (Lipinski definition) is 6. The summed E-state index contributed by atoms with van der Waals surface area (Å²) in [5.74, 6) is 1.69. The molecule has 1 saturated heterocycles. The van der Waals surface area contributed by atoms with E-state index in [1.165, 1.54) is 6.21 Å². The summed E-state index contributed by atoms with van der Waals surface area (Å²) in [7, 11) is 1.74. The first-order valence-electron chi connectivity index (χ1n) is 8.77. The Morgan fingerprint density at radius 2 is 2.04 bits per heavy atom. The largest absolute Gasteiger partial charge is 0.491 e. The van der Waals surface area contributed by atoms with Crippen molar-refractivity contribution in [1.29, 1.82) is 5.41 Å². The molecular formula is C20H26N4O2. The summed E-state index contributed by atoms with van der Waals surface area (Å²) in [4.78, 5) is 6.65. The molecule has 2 aromatic rings. The summed E-state index contributed by atoms with van der Waals surface area (Å²) < 4.78 is 11.3. The Morgan fingerprint density at radius 3 is 2.69 bits per heavy atom. The summed E-state index contributed by atoms with van der Waals surface area (Å²) in [5, 5.41) is 11.0. The molecule has 138 valence electrons. The number of rotatable bonds is 7. The van der Waals surface area contributed by atoms with Crippen molar-refractivity contribution in [2.75, 3.05) is 30.4 Å². The van der Waals surface area contributed by atoms with Crippen molar-refractivity contribution in [3.8, 4) is 5.75 Å². The van der Waals surface area contributed by atoms with Crippen molar-refractivity contribution in [3.63, 3.8) is 0 Å². The molecule has 3 rings (SSSR count). The number of methoxy groups -OCH3 is 1. The number of aromatic nitrogens is 1. The molecule has 6 heteroatoms. The monoisotopic (exact) mass is 354 g/mol. The van der Waals surface area contributed by atoms with Gasteiger partial charge in [0, 0.05) is 56.0 Å². The van der Waals surface area contributed by atoms with E-state index in [1.807, 2.05) is 44.2 Å². The first-order valence-corrected chi connectivity index (χ1v) is 8.77. The van der Waals surface area contributed by atoms with Crippen LogP contribution in [-0.2, 0) is 4.74 Å². The molecule has 1 aliphatic rings. The number of anilines is 3. The minimum Gasteiger partial charge on any atom is -0.491 e. The molecule has 0 saturated carbocycles. The molecule has 2 N–H and O–H groups in total. The minimum absolute atomic E-state index is 0.0963. The van der Waals surface area contributed by atoms with Gasteiger partial charge in [0.2, 0.25) is 0 Å². The Bertz CT molecular complexity index is 785. The van der Waals surface area contributed by atoms with Gasteiger partial charge in [-0.1, -0.05) is 0 Å². The normalized spacial score (nSPS) is 15.5. The smallest absolute Gasteiger partial charge is 0.130 e. The number of pyridine rings is 1. The van der Waals surface area contributed by atoms with Gasteiger partial charge < -0.3 is 25.1 Å². The predicted octanol–water partition coefficient (Wildman–Crippen LogP) is 3.84. The fourth-order valence-corrected chi connectivity index (χ4v) is 2.99. The van der Waals surface area contributed by atoms with Crippen LogP contribution in [0.2, 0.25) is 0 Å². The van der Waals surface area contributed by atoms with Gasteiger partial charge in [-0.2, -0.15) is 0 Å². The zero-order valence-corrected chi connectivity index (χ0v) is 15.7. The topological polar surface area (TPSA) is 70.5 Å². The molecule has 0 atom stereocenters. The highest BCUT2D eigenvalue weighted by Gasteiger charge is 2.39. The molecule has 1 aliphatic heterocycles. The van der Waals surface area contributed by atoms with E-state index in [9.17, 15) is 0 Å². The van der Waals surface area contributed by atoms with Crippen LogP contribution in [0.3, 0.4) is 0 Å². The molecule has 0 amide bonds. The molecule has 0 aliphatic carbocycles. The van der Waals surface area contributed by atoms with E-state index < -0.39 is 0 Å². The molecule has 1 aromatic carbocycles. The summed E-state index contributed by atoms with van der Waals surface area (Å²) in [6, 6.07) is 9.62. The highest BCUT2D eigenvalue weighted by atomic mass is 16.5. The second kappa shape index (κ2) is 7.33. The standard InChI is InChI=1S/C20H26N4O2/c1-14(2)26-17-6-5-15(11-21)18(10-17)23-16-7-8-22-19(9-16)24-12-20(3,13-24)25-4/h5-11,14,21H,12-13H2,1-4H3,(H,22,23). The molecule has 1 aromatic heterocycles. The van der Waals surface area contributed by atoms with Crippen LogP contribution >= 0.6 is 0 Å². The average Bonchev–Trinajstić information content (AvgIpc) is 2.59. The van der Waals surface area contributed by atoms with Crippen molar-refractivity contribution in [1.82, 2.24) is 4.98 Å². The highest BCUT2D eigenvalue weighted by Crippen LogP contribution is 2.31. The van der Waals surface area contributed by atoms with Gasteiger partial charge in [0.1, 0.15) is 11.6 Å². The van der Waals surface area contributed by atoms with E-state index in [1.54, 1.807) is 13.3 Å². The number of ether oxygens (including phenoxy) is 2. The fourth-order valence-electron chi connectivity index (χ4n) is 2.99. The Balaban J connectivity index is 1.79. The van der Waals surface area contributed by atoms with E-state index in [2.05, 4.69) is 22.1 Å². The number of hydrogen-bond donors (Lipinski definition) is 2. The molecule has 0 radical (unpaired) electrons. The van der Waals surface area contributed by atoms with Crippen molar-refractivity contribution >= 4 is 23.4 Å². The third kappa shape index (κ3) is 3.96. The summed E-state index contributed by atoms with van der Waals surface area (Å²) in [6.45, 7) is 7.73. The Kier molecular flexibility index (Phi) is 5.13. The van der Waals surface area contributed by atoms with Gasteiger partial charge in [0.05, 0.1) is 17.4 Å². The fraction of sp³-hybridized carbons (Fsp3) is 0.400. The summed E-state index contributed by atoms with van der Waals surface area (Å²) in [5.41, 5.74) is 2.46. The van der Waals surface area contributed by atoms with Crippen LogP contribution in [0.25, 0.3) is 0 Å². The molecular weight excluding hydrogens is 328 g/mol. The van der Waals surface area contributed by atoms with E-state index in [0.29, 0.717) is 0 Å². The SMILES string of the molecule is COC1(C)CN(c2cc(Nc3cc(OC(C)C)ccc3C=N)ccn2)C1. The minimum atomic E-state index is -0.0963. The Labute approximate surface area is 154 Å². The van der Waals surface area contributed by atoms with Crippen LogP contribution in [0.4, 0.5) is 17.2 Å². The van der Waals surface area contributed by atoms with Crippen LogP contribution in [0, 0.1) is 5.41 Å². The second-order valence-corrected chi connectivity index (χ2v) is 7.10. The molecule has 0 unspecified atom stereocenters. The summed E-state index contributed by atoms with van der Waals surface area (Å²) >= 11 is 0. The first-order chi connectivity index (χ1) is 12.4. The zero-order chi connectivity index (χ0) is 18.7. The van der Waals surface area contributed by atoms with E-state index >= 15 is 0 Å². The van der Waals surface area contributed by atoms with Crippen molar-refractivity contribution in [3.05, 3.63) is 42.1 Å². The number of benzene rings is 1. The van der Waals surface area contributed by atoms with Crippen LogP contribution in [0.15, 0.2) is 36.5 Å². The van der Waals surface area contributed by atoms with Gasteiger partial charge in [-0.25, -0.2) is 4.98 Å². The molecule has 26 heavy (non-hydrogen) atoms. The van der Waals surface area contributed by atoms with Gasteiger partial charge in [0.25, 0.3) is 0 Å². The lowest BCUT2D eigenvalue weighted by molar-refractivity contribution is -0.0171. The maximum absolute atomic E-state index is 7.64. The van der Waals surface area contributed by atoms with Gasteiger partial charge in [0.15, 0.2) is 0 Å². The molecule has 0 spiro atoms. The van der Waals surface area contributed by atoms with Crippen molar-refractivity contribution in [2.24, 2.45) is 0 Å². The first kappa shape index (κ1) is 18.2. The van der Waals surface area contributed by atoms with Crippen LogP contribution in [0.1, 0.15) is 26.3 Å². The lowest BCUT2D eigenvalue weighted by Crippen LogP contribution is -2.61. The highest BCUT2D eigenvalue weighted by molar-refractivity contribution is 5.88. The average molecular weight is 354 g/mol. The second-order valence-electron chi connectivity index (χ2n) is 7.10. The van der Waals surface area contributed by atoms with E-state index in [-0.39, 0.29) is 11.7 Å². The van der Waals surface area contributed by atoms with Crippen LogP contribution in [-0.4, -0.2) is 43.1 Å². The lowest BCUT2D eigenvalue weighted by atomic mass is 9.96. The zero-order valence-electron chi connectivity index (χ0n) is 15.7. The predicted molar refractivity (Wildman–Crippen MR) is 105 cm³/mol. The Hall–Kier alpha value is -2.60. The Morgan fingerprint density at radius 1 is 1.27 bits per heavy atom. The van der Waals surface area contributed by atoms with Gasteiger partial charge in [-0.05, 0) is 39.0 Å². The van der Waals surface area contributed by atoms with Crippen LogP contribution < -0.4 is 15.0 Å². The molecule has 6 nitrogen and oxygen atoms in total. The van der Waals surface area contributed by atoms with E-state index in [0.717, 1.165) is 41.6 Å². The third-order valence-corrected chi connectivity index (χ3v) is 4.44. The van der Waals surface area contributed by atoms with Gasteiger partial charge in [-0.15, -0.1) is 0 Å². The molecule has 0 bridgehead atoms. The molecule has 1 fully saturated rings. The van der Waals surface area contributed by atoms with E-state index in [4.69, 9.17) is 14.9 Å². The van der Waals surface area contributed by atoms with Crippen molar-refractivity contribution < 1.29 is 9.47 Å².